The fourth-order valence-corrected chi connectivity index (χ4v) is 1.11. The Morgan fingerprint density at radius 1 is 0.643 bits per heavy atom. The van der Waals surface area contributed by atoms with E-state index < -0.39 is 0 Å². The van der Waals surface area contributed by atoms with Crippen molar-refractivity contribution in [1.82, 2.24) is 20.4 Å². The van der Waals surface area contributed by atoms with Crippen molar-refractivity contribution < 1.29 is 0 Å². The maximum atomic E-state index is 5.59. The summed E-state index contributed by atoms with van der Waals surface area (Å²) in [5, 5.41) is 15.8. The average molecular weight is 227 g/mol. The zero-order valence-corrected chi connectivity index (χ0v) is 8.37. The van der Waals surface area contributed by atoms with E-state index in [1.165, 1.54) is 0 Å². The molecule has 2 aromatic heterocycles. The standard InChI is InChI=1S/C8H4Cl2N4/c9-7-3-1-5(11-13-7)6-2-4-8(10)14-12-6/h1-4H. The van der Waals surface area contributed by atoms with Gasteiger partial charge in [-0.05, 0) is 24.3 Å². The van der Waals surface area contributed by atoms with Gasteiger partial charge in [-0.15, -0.1) is 20.4 Å². The number of hydrogen-bond donors (Lipinski definition) is 0. The van der Waals surface area contributed by atoms with Crippen molar-refractivity contribution in [3.63, 3.8) is 0 Å². The summed E-state index contributed by atoms with van der Waals surface area (Å²) in [7, 11) is 0. The Hall–Kier alpha value is -1.26. The summed E-state index contributed by atoms with van der Waals surface area (Å²) in [6.45, 7) is 0. The van der Waals surface area contributed by atoms with E-state index in [0.29, 0.717) is 21.7 Å². The fraction of sp³-hybridized carbons (Fsp3) is 0. The first-order valence-electron chi connectivity index (χ1n) is 3.74. The lowest BCUT2D eigenvalue weighted by Gasteiger charge is -1.96. The van der Waals surface area contributed by atoms with E-state index in [0.717, 1.165) is 0 Å². The van der Waals surface area contributed by atoms with Crippen molar-refractivity contribution in [2.45, 2.75) is 0 Å². The molecule has 0 spiro atoms. The van der Waals surface area contributed by atoms with Crippen LogP contribution in [0.15, 0.2) is 24.3 Å². The molecule has 2 heterocycles. The minimum atomic E-state index is 0.343. The molecule has 0 aliphatic heterocycles. The monoisotopic (exact) mass is 226 g/mol. The lowest BCUT2D eigenvalue weighted by Crippen LogP contribution is -1.91. The van der Waals surface area contributed by atoms with Crippen LogP contribution in [0.2, 0.25) is 10.3 Å². The van der Waals surface area contributed by atoms with Crippen LogP contribution in [0.1, 0.15) is 0 Å². The van der Waals surface area contributed by atoms with Gasteiger partial charge in [-0.25, -0.2) is 0 Å². The Morgan fingerprint density at radius 3 is 1.36 bits per heavy atom. The summed E-state index contributed by atoms with van der Waals surface area (Å²) in [6.07, 6.45) is 0. The lowest BCUT2D eigenvalue weighted by atomic mass is 10.3. The van der Waals surface area contributed by atoms with Gasteiger partial charge in [0.15, 0.2) is 10.3 Å². The van der Waals surface area contributed by atoms with E-state index in [4.69, 9.17) is 23.2 Å². The van der Waals surface area contributed by atoms with Gasteiger partial charge < -0.3 is 0 Å². The van der Waals surface area contributed by atoms with Gasteiger partial charge in [0.1, 0.15) is 11.4 Å². The zero-order valence-electron chi connectivity index (χ0n) is 6.85. The molecule has 0 fully saturated rings. The summed E-state index contributed by atoms with van der Waals surface area (Å²) < 4.78 is 0. The number of nitrogens with zero attached hydrogens (tertiary/aromatic N) is 4. The van der Waals surface area contributed by atoms with Gasteiger partial charge in [-0.1, -0.05) is 23.2 Å². The van der Waals surface area contributed by atoms with Crippen LogP contribution in [0.3, 0.4) is 0 Å². The van der Waals surface area contributed by atoms with E-state index in [1.807, 2.05) is 0 Å². The molecule has 0 saturated heterocycles. The first kappa shape index (κ1) is 9.30. The van der Waals surface area contributed by atoms with E-state index >= 15 is 0 Å². The van der Waals surface area contributed by atoms with Gasteiger partial charge in [0.2, 0.25) is 0 Å². The third-order valence-corrected chi connectivity index (χ3v) is 1.93. The maximum Gasteiger partial charge on any atom is 0.151 e. The van der Waals surface area contributed by atoms with Crippen molar-refractivity contribution in [3.8, 4) is 11.4 Å². The Bertz CT molecular complexity index is 383. The quantitative estimate of drug-likeness (QED) is 0.749. The molecule has 2 rings (SSSR count). The van der Waals surface area contributed by atoms with Crippen molar-refractivity contribution in [3.05, 3.63) is 34.6 Å². The largest absolute Gasteiger partial charge is 0.151 e. The second-order valence-corrected chi connectivity index (χ2v) is 3.26. The third kappa shape index (κ3) is 1.97. The fourth-order valence-electron chi connectivity index (χ4n) is 0.905. The smallest absolute Gasteiger partial charge is 0.147 e. The highest BCUT2D eigenvalue weighted by molar-refractivity contribution is 6.29. The average Bonchev–Trinajstić information content (AvgIpc) is 2.21. The highest BCUT2D eigenvalue weighted by Crippen LogP contribution is 2.14. The minimum absolute atomic E-state index is 0.343. The summed E-state index contributed by atoms with van der Waals surface area (Å²) >= 11 is 11.2. The molecule has 0 amide bonds. The highest BCUT2D eigenvalue weighted by atomic mass is 35.5. The van der Waals surface area contributed by atoms with Gasteiger partial charge in [0.05, 0.1) is 0 Å². The van der Waals surface area contributed by atoms with Crippen molar-refractivity contribution in [2.24, 2.45) is 0 Å². The Morgan fingerprint density at radius 2 is 1.07 bits per heavy atom. The normalized spacial score (nSPS) is 10.1. The van der Waals surface area contributed by atoms with Crippen LogP contribution < -0.4 is 0 Å². The molecule has 0 aliphatic rings. The molecule has 70 valence electrons. The minimum Gasteiger partial charge on any atom is -0.147 e. The molecule has 0 atom stereocenters. The topological polar surface area (TPSA) is 51.6 Å². The summed E-state index contributed by atoms with van der Waals surface area (Å²) in [5.41, 5.74) is 1.22. The molecule has 0 radical (unpaired) electrons. The van der Waals surface area contributed by atoms with E-state index in [1.54, 1.807) is 24.3 Å². The molecule has 2 aromatic rings. The van der Waals surface area contributed by atoms with Gasteiger partial charge in [-0.3, -0.25) is 0 Å². The first-order valence-corrected chi connectivity index (χ1v) is 4.50. The Labute approximate surface area is 89.9 Å². The van der Waals surface area contributed by atoms with Crippen molar-refractivity contribution in [2.75, 3.05) is 0 Å². The summed E-state index contributed by atoms with van der Waals surface area (Å²) in [5.74, 6) is 0. The molecule has 0 N–H and O–H groups in total. The van der Waals surface area contributed by atoms with Crippen molar-refractivity contribution in [1.29, 1.82) is 0 Å². The van der Waals surface area contributed by atoms with Crippen LogP contribution in [-0.2, 0) is 0 Å². The molecule has 4 nitrogen and oxygen atoms in total. The number of hydrogen-bond acceptors (Lipinski definition) is 4. The maximum absolute atomic E-state index is 5.59. The first-order chi connectivity index (χ1) is 6.75. The van der Waals surface area contributed by atoms with E-state index in [2.05, 4.69) is 20.4 Å². The predicted octanol–water partition coefficient (Wildman–Crippen LogP) is 2.24. The molecular weight excluding hydrogens is 223 g/mol. The van der Waals surface area contributed by atoms with Crippen LogP contribution in [0, 0.1) is 0 Å². The van der Waals surface area contributed by atoms with Crippen LogP contribution in [0.4, 0.5) is 0 Å². The summed E-state index contributed by atoms with van der Waals surface area (Å²) in [4.78, 5) is 0. The molecule has 6 heteroatoms. The zero-order chi connectivity index (χ0) is 9.97. The number of halogens is 2. The van der Waals surface area contributed by atoms with Crippen LogP contribution in [-0.4, -0.2) is 20.4 Å². The Balaban J connectivity index is 2.40. The number of aromatic nitrogens is 4. The Kier molecular flexibility index (Phi) is 2.56. The molecule has 0 aromatic carbocycles. The third-order valence-electron chi connectivity index (χ3n) is 1.53. The number of rotatable bonds is 1. The lowest BCUT2D eigenvalue weighted by molar-refractivity contribution is 0.989. The van der Waals surface area contributed by atoms with Crippen LogP contribution in [0.5, 0.6) is 0 Å². The van der Waals surface area contributed by atoms with Crippen molar-refractivity contribution >= 4 is 23.2 Å². The van der Waals surface area contributed by atoms with E-state index in [-0.39, 0.29) is 0 Å². The highest BCUT2D eigenvalue weighted by Gasteiger charge is 2.02. The second kappa shape index (κ2) is 3.86. The van der Waals surface area contributed by atoms with Gasteiger partial charge in [-0.2, -0.15) is 0 Å². The summed E-state index contributed by atoms with van der Waals surface area (Å²) in [6, 6.07) is 6.71. The molecule has 0 saturated carbocycles. The molecule has 0 bridgehead atoms. The molecule has 0 unspecified atom stereocenters. The van der Waals surface area contributed by atoms with Gasteiger partial charge in [0.25, 0.3) is 0 Å². The van der Waals surface area contributed by atoms with E-state index in [9.17, 15) is 0 Å². The van der Waals surface area contributed by atoms with Gasteiger partial charge >= 0.3 is 0 Å². The van der Waals surface area contributed by atoms with Crippen LogP contribution in [0.25, 0.3) is 11.4 Å². The second-order valence-electron chi connectivity index (χ2n) is 2.48. The molecular formula is C8H4Cl2N4. The SMILES string of the molecule is Clc1ccc(-c2ccc(Cl)nn2)nn1. The van der Waals surface area contributed by atoms with Crippen LogP contribution >= 0.6 is 23.2 Å². The molecule has 14 heavy (non-hydrogen) atoms. The molecule has 0 aliphatic carbocycles. The van der Waals surface area contributed by atoms with Gasteiger partial charge in [0, 0.05) is 0 Å². The predicted molar refractivity (Wildman–Crippen MR) is 53.1 cm³/mol.